The molecule has 2 N–H and O–H groups in total. The van der Waals surface area contributed by atoms with Gasteiger partial charge in [-0.25, -0.2) is 4.79 Å². The monoisotopic (exact) mass is 386 g/mol. The molecule has 0 saturated heterocycles. The summed E-state index contributed by atoms with van der Waals surface area (Å²) in [7, 11) is 0. The zero-order chi connectivity index (χ0) is 20.9. The van der Waals surface area contributed by atoms with Crippen molar-refractivity contribution in [3.05, 3.63) is 87.3 Å². The van der Waals surface area contributed by atoms with Crippen LogP contribution in [0.4, 0.5) is 0 Å². The van der Waals surface area contributed by atoms with Crippen molar-refractivity contribution >= 4 is 18.1 Å². The Labute approximate surface area is 169 Å². The number of aromatic hydroxyl groups is 1. The second-order valence-electron chi connectivity index (χ2n) is 8.30. The van der Waals surface area contributed by atoms with E-state index in [1.807, 2.05) is 30.3 Å². The molecule has 0 amide bonds. The number of hydrogen-bond acceptors (Lipinski definition) is 3. The number of phenols is 1. The molecule has 1 aliphatic rings. The molecule has 29 heavy (non-hydrogen) atoms. The molecule has 4 nitrogen and oxygen atoms in total. The lowest BCUT2D eigenvalue weighted by molar-refractivity contribution is 0.0696. The summed E-state index contributed by atoms with van der Waals surface area (Å²) in [6, 6.07) is 16.0. The zero-order valence-corrected chi connectivity index (χ0v) is 16.6. The summed E-state index contributed by atoms with van der Waals surface area (Å²) >= 11 is 0. The molecule has 3 aromatic carbocycles. The molecule has 0 spiro atoms. The van der Waals surface area contributed by atoms with Gasteiger partial charge in [0.15, 0.2) is 0 Å². The second kappa shape index (κ2) is 6.52. The van der Waals surface area contributed by atoms with E-state index in [-0.39, 0.29) is 16.7 Å². The van der Waals surface area contributed by atoms with Gasteiger partial charge in [0.05, 0.1) is 5.56 Å². The minimum atomic E-state index is -0.985. The molecule has 0 aromatic heterocycles. The summed E-state index contributed by atoms with van der Waals surface area (Å²) in [5, 5.41) is 21.5. The van der Waals surface area contributed by atoms with Gasteiger partial charge >= 0.3 is 5.97 Å². The van der Waals surface area contributed by atoms with Crippen LogP contribution in [-0.4, -0.2) is 16.2 Å². The van der Waals surface area contributed by atoms with E-state index in [0.717, 1.165) is 27.1 Å². The van der Waals surface area contributed by atoms with Crippen LogP contribution in [0.25, 0.3) is 12.2 Å². The van der Waals surface area contributed by atoms with Crippen molar-refractivity contribution in [2.75, 3.05) is 0 Å². The Kier molecular flexibility index (Phi) is 4.23. The maximum atomic E-state index is 12.2. The highest BCUT2D eigenvalue weighted by atomic mass is 16.5. The molecule has 0 aliphatic carbocycles. The van der Waals surface area contributed by atoms with Crippen LogP contribution in [0.3, 0.4) is 0 Å². The number of carboxylic acid groups (broad SMARTS) is 1. The molecule has 146 valence electrons. The fourth-order valence-corrected chi connectivity index (χ4v) is 3.62. The van der Waals surface area contributed by atoms with Crippen LogP contribution in [-0.2, 0) is 5.41 Å². The topological polar surface area (TPSA) is 66.8 Å². The van der Waals surface area contributed by atoms with Crippen LogP contribution in [0.1, 0.15) is 47.8 Å². The number of hydrogen-bond donors (Lipinski definition) is 2. The van der Waals surface area contributed by atoms with Crippen LogP contribution in [0.2, 0.25) is 0 Å². The van der Waals surface area contributed by atoms with Gasteiger partial charge in [0.25, 0.3) is 0 Å². The minimum absolute atomic E-state index is 0.0823. The van der Waals surface area contributed by atoms with Crippen LogP contribution in [0.15, 0.2) is 54.6 Å². The third-order valence-corrected chi connectivity index (χ3v) is 5.16. The van der Waals surface area contributed by atoms with Crippen molar-refractivity contribution in [3.63, 3.8) is 0 Å². The highest BCUT2D eigenvalue weighted by Crippen LogP contribution is 2.39. The van der Waals surface area contributed by atoms with Gasteiger partial charge in [-0.3, -0.25) is 0 Å². The lowest BCUT2D eigenvalue weighted by Gasteiger charge is -2.24. The Morgan fingerprint density at radius 2 is 1.66 bits per heavy atom. The fraction of sp³-hybridized carbons (Fsp3) is 0.160. The highest BCUT2D eigenvalue weighted by molar-refractivity contribution is 5.98. The minimum Gasteiger partial charge on any atom is -0.508 e. The third-order valence-electron chi connectivity index (χ3n) is 5.16. The van der Waals surface area contributed by atoms with E-state index in [1.165, 1.54) is 6.07 Å². The lowest BCUT2D eigenvalue weighted by atomic mass is 9.82. The number of carboxylic acids is 1. The van der Waals surface area contributed by atoms with Crippen molar-refractivity contribution in [1.29, 1.82) is 0 Å². The maximum absolute atomic E-state index is 12.2. The standard InChI is InChI=1S/C25H22O4/c1-14-5-8-18-21(11-14)29-22-13-16(26)7-10-19(22)23(18)17-9-6-15(25(2,3)4)12-20(17)24(27)28/h5-13,26H,1H2,2-4H3,(H,27,28). The Morgan fingerprint density at radius 3 is 2.34 bits per heavy atom. The number of phenolic OH excluding ortho intramolecular Hbond substituents is 1. The van der Waals surface area contributed by atoms with Gasteiger partial charge in [-0.15, -0.1) is 0 Å². The first-order chi connectivity index (χ1) is 13.6. The Morgan fingerprint density at radius 1 is 0.931 bits per heavy atom. The molecular weight excluding hydrogens is 364 g/mol. The molecule has 4 heteroatoms. The summed E-state index contributed by atoms with van der Waals surface area (Å²) in [6.07, 6.45) is 0. The number of ether oxygens (including phenoxy) is 1. The average molecular weight is 386 g/mol. The van der Waals surface area contributed by atoms with Gasteiger partial charge in [-0.1, -0.05) is 51.6 Å². The molecule has 0 radical (unpaired) electrons. The van der Waals surface area contributed by atoms with E-state index in [0.29, 0.717) is 17.1 Å². The summed E-state index contributed by atoms with van der Waals surface area (Å²) in [5.74, 6) is 0.163. The number of aromatic carboxylic acids is 1. The molecule has 0 fully saturated rings. The first-order valence-electron chi connectivity index (χ1n) is 9.38. The largest absolute Gasteiger partial charge is 0.508 e. The van der Waals surface area contributed by atoms with Gasteiger partial charge in [0.1, 0.15) is 17.2 Å². The van der Waals surface area contributed by atoms with Crippen LogP contribution in [0, 0.1) is 0 Å². The Bertz CT molecular complexity index is 1260. The fourth-order valence-electron chi connectivity index (χ4n) is 3.62. The Balaban J connectivity index is 2.11. The first-order valence-corrected chi connectivity index (χ1v) is 9.38. The smallest absolute Gasteiger partial charge is 0.336 e. The van der Waals surface area contributed by atoms with Crippen molar-refractivity contribution in [2.24, 2.45) is 0 Å². The van der Waals surface area contributed by atoms with Gasteiger partial charge < -0.3 is 14.9 Å². The molecular formula is C25H22O4. The zero-order valence-electron chi connectivity index (χ0n) is 16.6. The number of benzene rings is 3. The first kappa shape index (κ1) is 18.8. The van der Waals surface area contributed by atoms with Gasteiger partial charge in [-0.05, 0) is 46.0 Å². The van der Waals surface area contributed by atoms with Crippen molar-refractivity contribution < 1.29 is 19.7 Å². The van der Waals surface area contributed by atoms with Crippen LogP contribution >= 0.6 is 0 Å². The summed E-state index contributed by atoms with van der Waals surface area (Å²) in [6.45, 7) is 10.1. The maximum Gasteiger partial charge on any atom is 0.336 e. The van der Waals surface area contributed by atoms with E-state index < -0.39 is 5.97 Å². The predicted molar refractivity (Wildman–Crippen MR) is 113 cm³/mol. The van der Waals surface area contributed by atoms with Gasteiger partial charge in [-0.2, -0.15) is 0 Å². The van der Waals surface area contributed by atoms with Gasteiger partial charge in [0.2, 0.25) is 0 Å². The number of fused-ring (bicyclic) bond motifs is 2. The molecule has 0 atom stereocenters. The predicted octanol–water partition coefficient (Wildman–Crippen LogP) is 4.15. The summed E-state index contributed by atoms with van der Waals surface area (Å²) in [5.41, 5.74) is 3.12. The van der Waals surface area contributed by atoms with Crippen LogP contribution in [0.5, 0.6) is 17.2 Å². The second-order valence-corrected chi connectivity index (χ2v) is 8.30. The summed E-state index contributed by atoms with van der Waals surface area (Å²) in [4.78, 5) is 12.2. The molecule has 4 rings (SSSR count). The van der Waals surface area contributed by atoms with E-state index in [9.17, 15) is 15.0 Å². The van der Waals surface area contributed by atoms with E-state index in [2.05, 4.69) is 27.4 Å². The molecule has 0 saturated carbocycles. The number of carbonyl (C=O) groups is 1. The van der Waals surface area contributed by atoms with Crippen molar-refractivity contribution in [1.82, 2.24) is 0 Å². The molecule has 1 heterocycles. The van der Waals surface area contributed by atoms with Gasteiger partial charge in [0, 0.05) is 22.4 Å². The molecule has 0 unspecified atom stereocenters. The average Bonchev–Trinajstić information content (AvgIpc) is 2.64. The van der Waals surface area contributed by atoms with E-state index in [4.69, 9.17) is 4.74 Å². The normalized spacial score (nSPS) is 12.7. The van der Waals surface area contributed by atoms with E-state index >= 15 is 0 Å². The van der Waals surface area contributed by atoms with Crippen LogP contribution < -0.4 is 15.2 Å². The number of rotatable bonds is 2. The SMILES string of the molecule is C=c1ccc2c(c1)Oc1cc(O)ccc1C=2c1ccc(C(C)(C)C)cc1C(=O)O. The third kappa shape index (κ3) is 3.27. The van der Waals surface area contributed by atoms with E-state index in [1.54, 1.807) is 18.2 Å². The Hall–Kier alpha value is -3.53. The quantitative estimate of drug-likeness (QED) is 0.543. The highest BCUT2D eigenvalue weighted by Gasteiger charge is 2.25. The molecule has 1 aliphatic heterocycles. The van der Waals surface area contributed by atoms with Crippen molar-refractivity contribution in [2.45, 2.75) is 26.2 Å². The lowest BCUT2D eigenvalue weighted by Crippen LogP contribution is -2.21. The molecule has 0 bridgehead atoms. The van der Waals surface area contributed by atoms with Crippen molar-refractivity contribution in [3.8, 4) is 17.2 Å². The molecule has 3 aromatic rings. The summed E-state index contributed by atoms with van der Waals surface area (Å²) < 4.78 is 6.00.